The van der Waals surface area contributed by atoms with Crippen LogP contribution in [0.5, 0.6) is 0 Å². The molecule has 6 rings (SSSR count). The standard InChI is InChI=1S/C26H43NO3/c1-14-3-6-23-25(30)17-5-4-16-18(20(17)13-27(23)12-14)10-21-19(16)11-24(29)22-9-15(28)7-8-26(21,22)2/h14-25,28-30H,3-13H2,1-2H3. The first-order chi connectivity index (χ1) is 14.4. The highest BCUT2D eigenvalue weighted by atomic mass is 16.3. The van der Waals surface area contributed by atoms with Gasteiger partial charge in [0.25, 0.3) is 0 Å². The summed E-state index contributed by atoms with van der Waals surface area (Å²) in [5.41, 5.74) is 0.198. The van der Waals surface area contributed by atoms with Crippen molar-refractivity contribution in [3.05, 3.63) is 0 Å². The number of aliphatic hydroxyl groups excluding tert-OH is 3. The van der Waals surface area contributed by atoms with Crippen LogP contribution in [0, 0.1) is 52.8 Å². The van der Waals surface area contributed by atoms with E-state index in [2.05, 4.69) is 18.7 Å². The molecule has 0 aromatic carbocycles. The van der Waals surface area contributed by atoms with Crippen molar-refractivity contribution in [1.82, 2.24) is 4.90 Å². The zero-order valence-electron chi connectivity index (χ0n) is 19.0. The Morgan fingerprint density at radius 2 is 1.53 bits per heavy atom. The average Bonchev–Trinajstić information content (AvgIpc) is 3.09. The summed E-state index contributed by atoms with van der Waals surface area (Å²) in [6.45, 7) is 7.21. The normalized spacial score (nSPS) is 60.7. The molecule has 0 aromatic heterocycles. The summed E-state index contributed by atoms with van der Waals surface area (Å²) in [4.78, 5) is 2.67. The van der Waals surface area contributed by atoms with Gasteiger partial charge in [-0.25, -0.2) is 0 Å². The Morgan fingerprint density at radius 3 is 2.37 bits per heavy atom. The first kappa shape index (κ1) is 20.4. The Balaban J connectivity index is 1.28. The van der Waals surface area contributed by atoms with Crippen molar-refractivity contribution in [3.63, 3.8) is 0 Å². The lowest BCUT2D eigenvalue weighted by Gasteiger charge is -2.56. The number of rotatable bonds is 0. The van der Waals surface area contributed by atoms with Gasteiger partial charge in [0.15, 0.2) is 0 Å². The van der Waals surface area contributed by atoms with E-state index in [0.29, 0.717) is 29.7 Å². The number of hydrogen-bond donors (Lipinski definition) is 3. The maximum absolute atomic E-state index is 11.4. The summed E-state index contributed by atoms with van der Waals surface area (Å²) < 4.78 is 0. The SMILES string of the molecule is CC1CCC2C(O)C3CCC4C(CC5C4CC(O)C4CC(O)CCC45C)C3CN2C1. The fourth-order valence-electron chi connectivity index (χ4n) is 10.1. The second-order valence-electron chi connectivity index (χ2n) is 12.8. The lowest BCUT2D eigenvalue weighted by molar-refractivity contribution is -0.132. The molecular weight excluding hydrogens is 374 g/mol. The molecule has 2 heterocycles. The second kappa shape index (κ2) is 7.17. The monoisotopic (exact) mass is 417 g/mol. The highest BCUT2D eigenvalue weighted by molar-refractivity contribution is 5.12. The topological polar surface area (TPSA) is 63.9 Å². The van der Waals surface area contributed by atoms with Crippen LogP contribution in [0.15, 0.2) is 0 Å². The minimum Gasteiger partial charge on any atom is -0.393 e. The Labute approximate surface area is 182 Å². The molecule has 4 heteroatoms. The number of fused-ring (bicyclic) bond motifs is 8. The van der Waals surface area contributed by atoms with Crippen molar-refractivity contribution in [1.29, 1.82) is 0 Å². The molecule has 13 unspecified atom stereocenters. The molecule has 13 atom stereocenters. The van der Waals surface area contributed by atoms with E-state index in [1.807, 2.05) is 0 Å². The van der Waals surface area contributed by atoms with Gasteiger partial charge in [0.2, 0.25) is 0 Å². The smallest absolute Gasteiger partial charge is 0.0726 e. The van der Waals surface area contributed by atoms with Crippen LogP contribution in [0.2, 0.25) is 0 Å². The Bertz CT molecular complexity index is 669. The largest absolute Gasteiger partial charge is 0.393 e. The van der Waals surface area contributed by atoms with Gasteiger partial charge in [-0.15, -0.1) is 0 Å². The van der Waals surface area contributed by atoms with Gasteiger partial charge in [0, 0.05) is 19.1 Å². The van der Waals surface area contributed by atoms with Crippen LogP contribution >= 0.6 is 0 Å². The van der Waals surface area contributed by atoms with Crippen LogP contribution in [0.3, 0.4) is 0 Å². The van der Waals surface area contributed by atoms with Crippen molar-refractivity contribution < 1.29 is 15.3 Å². The van der Waals surface area contributed by atoms with Crippen LogP contribution in [0.1, 0.15) is 71.6 Å². The van der Waals surface area contributed by atoms with Gasteiger partial charge in [-0.2, -0.15) is 0 Å². The van der Waals surface area contributed by atoms with Crippen molar-refractivity contribution in [3.8, 4) is 0 Å². The molecule has 0 bridgehead atoms. The summed E-state index contributed by atoms with van der Waals surface area (Å²) in [6, 6.07) is 0.409. The third kappa shape index (κ3) is 2.85. The molecule has 4 nitrogen and oxygen atoms in total. The highest BCUT2D eigenvalue weighted by Crippen LogP contribution is 2.66. The zero-order chi connectivity index (χ0) is 20.8. The fourth-order valence-corrected chi connectivity index (χ4v) is 10.1. The number of nitrogens with zero attached hydrogens (tertiary/aromatic N) is 1. The molecule has 3 N–H and O–H groups in total. The Hall–Kier alpha value is -0.160. The molecule has 6 aliphatic rings. The quantitative estimate of drug-likeness (QED) is 0.566. The lowest BCUT2D eigenvalue weighted by Crippen LogP contribution is -2.61. The lowest BCUT2D eigenvalue weighted by atomic mass is 9.51. The van der Waals surface area contributed by atoms with E-state index >= 15 is 0 Å². The summed E-state index contributed by atoms with van der Waals surface area (Å²) in [7, 11) is 0. The summed E-state index contributed by atoms with van der Waals surface area (Å²) >= 11 is 0. The minimum atomic E-state index is -0.230. The van der Waals surface area contributed by atoms with Crippen molar-refractivity contribution >= 4 is 0 Å². The number of hydrogen-bond acceptors (Lipinski definition) is 4. The van der Waals surface area contributed by atoms with E-state index in [1.54, 1.807) is 0 Å². The van der Waals surface area contributed by atoms with E-state index in [-0.39, 0.29) is 29.6 Å². The van der Waals surface area contributed by atoms with Gasteiger partial charge in [-0.1, -0.05) is 13.8 Å². The predicted molar refractivity (Wildman–Crippen MR) is 117 cm³/mol. The van der Waals surface area contributed by atoms with Crippen LogP contribution in [-0.4, -0.2) is 57.7 Å². The molecule has 4 saturated carbocycles. The van der Waals surface area contributed by atoms with Crippen LogP contribution in [0.25, 0.3) is 0 Å². The number of aliphatic hydroxyl groups is 3. The Morgan fingerprint density at radius 1 is 0.733 bits per heavy atom. The van der Waals surface area contributed by atoms with E-state index in [0.717, 1.165) is 43.4 Å². The van der Waals surface area contributed by atoms with Gasteiger partial charge in [0.1, 0.15) is 0 Å². The second-order valence-corrected chi connectivity index (χ2v) is 12.8. The molecule has 6 fully saturated rings. The van der Waals surface area contributed by atoms with E-state index < -0.39 is 0 Å². The minimum absolute atomic E-state index is 0.126. The van der Waals surface area contributed by atoms with Crippen molar-refractivity contribution in [2.45, 2.75) is 96.0 Å². The van der Waals surface area contributed by atoms with Crippen LogP contribution < -0.4 is 0 Å². The molecule has 170 valence electrons. The maximum atomic E-state index is 11.4. The molecular formula is C26H43NO3. The molecule has 2 saturated heterocycles. The highest BCUT2D eigenvalue weighted by Gasteiger charge is 2.62. The molecule has 0 radical (unpaired) electrons. The first-order valence-electron chi connectivity index (χ1n) is 13.1. The van der Waals surface area contributed by atoms with Gasteiger partial charge in [0.05, 0.1) is 18.3 Å². The van der Waals surface area contributed by atoms with Gasteiger partial charge in [-0.05, 0) is 111 Å². The fraction of sp³-hybridized carbons (Fsp3) is 1.00. The summed E-state index contributed by atoms with van der Waals surface area (Å²) in [5, 5.41) is 32.8. The molecule has 0 spiro atoms. The van der Waals surface area contributed by atoms with Crippen LogP contribution in [0.4, 0.5) is 0 Å². The van der Waals surface area contributed by atoms with Crippen molar-refractivity contribution in [2.75, 3.05) is 13.1 Å². The zero-order valence-corrected chi connectivity index (χ0v) is 19.0. The molecule has 2 aliphatic heterocycles. The molecule has 30 heavy (non-hydrogen) atoms. The van der Waals surface area contributed by atoms with Crippen LogP contribution in [-0.2, 0) is 0 Å². The third-order valence-electron chi connectivity index (χ3n) is 11.5. The van der Waals surface area contributed by atoms with Gasteiger partial charge < -0.3 is 15.3 Å². The Kier molecular flexibility index (Phi) is 4.89. The molecule has 0 amide bonds. The first-order valence-corrected chi connectivity index (χ1v) is 13.1. The average molecular weight is 418 g/mol. The maximum Gasteiger partial charge on any atom is 0.0726 e. The van der Waals surface area contributed by atoms with E-state index in [1.165, 1.54) is 45.2 Å². The summed E-state index contributed by atoms with van der Waals surface area (Å²) in [6.07, 6.45) is 9.42. The van der Waals surface area contributed by atoms with Crippen molar-refractivity contribution in [2.24, 2.45) is 52.8 Å². The van der Waals surface area contributed by atoms with Gasteiger partial charge >= 0.3 is 0 Å². The number of piperidine rings is 2. The predicted octanol–water partition coefficient (Wildman–Crippen LogP) is 3.29. The summed E-state index contributed by atoms with van der Waals surface area (Å²) in [5.74, 6) is 5.06. The van der Waals surface area contributed by atoms with E-state index in [9.17, 15) is 15.3 Å². The third-order valence-corrected chi connectivity index (χ3v) is 11.5. The van der Waals surface area contributed by atoms with E-state index in [4.69, 9.17) is 0 Å². The molecule has 0 aromatic rings. The molecule has 4 aliphatic carbocycles. The van der Waals surface area contributed by atoms with Gasteiger partial charge in [-0.3, -0.25) is 4.90 Å².